The fourth-order valence-electron chi connectivity index (χ4n) is 3.61. The van der Waals surface area contributed by atoms with Gasteiger partial charge in [0.15, 0.2) is 12.7 Å². The van der Waals surface area contributed by atoms with Gasteiger partial charge in [-0.1, -0.05) is 18.2 Å². The summed E-state index contributed by atoms with van der Waals surface area (Å²) in [5.74, 6) is -0.564. The van der Waals surface area contributed by atoms with Crippen LogP contribution in [0.1, 0.15) is 18.1 Å². The molecule has 0 saturated carbocycles. The first-order valence-corrected chi connectivity index (χ1v) is 9.68. The fourth-order valence-corrected chi connectivity index (χ4v) is 3.61. The van der Waals surface area contributed by atoms with Crippen LogP contribution in [0.25, 0.3) is 11.0 Å². The summed E-state index contributed by atoms with van der Waals surface area (Å²) in [5, 5.41) is 0.787. The number of rotatable bonds is 5. The molecule has 1 aliphatic heterocycles. The molecule has 3 aromatic rings. The van der Waals surface area contributed by atoms with E-state index in [1.165, 1.54) is 6.07 Å². The summed E-state index contributed by atoms with van der Waals surface area (Å²) in [6.07, 6.45) is -0.145. The summed E-state index contributed by atoms with van der Waals surface area (Å²) in [5.41, 5.74) is 2.68. The Labute approximate surface area is 172 Å². The highest BCUT2D eigenvalue weighted by atomic mass is 16.6. The number of anilines is 1. The van der Waals surface area contributed by atoms with Gasteiger partial charge in [-0.15, -0.1) is 0 Å². The maximum absolute atomic E-state index is 12.7. The molecule has 7 heteroatoms. The average Bonchev–Trinajstić information content (AvgIpc) is 3.15. The summed E-state index contributed by atoms with van der Waals surface area (Å²) >= 11 is 0. The second kappa shape index (κ2) is 8.02. The highest BCUT2D eigenvalue weighted by Crippen LogP contribution is 2.28. The van der Waals surface area contributed by atoms with Crippen LogP contribution in [0.2, 0.25) is 0 Å². The van der Waals surface area contributed by atoms with Gasteiger partial charge in [0.1, 0.15) is 11.3 Å². The van der Waals surface area contributed by atoms with Crippen molar-refractivity contribution in [1.82, 2.24) is 0 Å². The van der Waals surface area contributed by atoms with Crippen LogP contribution in [0.15, 0.2) is 57.7 Å². The van der Waals surface area contributed by atoms with E-state index < -0.39 is 17.7 Å². The number of hydrogen-bond donors (Lipinski definition) is 0. The molecule has 0 bridgehead atoms. The largest absolute Gasteiger partial charge is 0.482 e. The third-order valence-electron chi connectivity index (χ3n) is 5.09. The van der Waals surface area contributed by atoms with E-state index in [0.29, 0.717) is 17.9 Å². The van der Waals surface area contributed by atoms with Crippen molar-refractivity contribution >= 4 is 28.5 Å². The number of carbonyl (C=O) groups is 2. The molecule has 0 N–H and O–H groups in total. The Morgan fingerprint density at radius 1 is 1.17 bits per heavy atom. The van der Waals surface area contributed by atoms with Gasteiger partial charge < -0.3 is 18.8 Å². The fraction of sp³-hybridized carbons (Fsp3) is 0.261. The number of carbonyl (C=O) groups excluding carboxylic acids is 2. The number of esters is 1. The second-order valence-electron chi connectivity index (χ2n) is 7.20. The number of amides is 1. The quantitative estimate of drug-likeness (QED) is 0.477. The van der Waals surface area contributed by atoms with Crippen molar-refractivity contribution in [3.63, 3.8) is 0 Å². The molecule has 0 saturated heterocycles. The minimum absolute atomic E-state index is 0.267. The molecule has 0 unspecified atom stereocenters. The molecule has 0 spiro atoms. The van der Waals surface area contributed by atoms with E-state index in [1.807, 2.05) is 31.2 Å². The number of fused-ring (bicyclic) bond motifs is 2. The number of aryl methyl sites for hydroxylation is 1. The van der Waals surface area contributed by atoms with Gasteiger partial charge in [-0.3, -0.25) is 4.79 Å². The number of para-hydroxylation sites is 1. The lowest BCUT2D eigenvalue weighted by Crippen LogP contribution is -2.39. The molecule has 30 heavy (non-hydrogen) atoms. The number of hydrogen-bond acceptors (Lipinski definition) is 6. The molecule has 7 nitrogen and oxygen atoms in total. The maximum atomic E-state index is 12.7. The molecule has 1 amide bonds. The molecule has 154 valence electrons. The lowest BCUT2D eigenvalue weighted by atomic mass is 10.1. The highest BCUT2D eigenvalue weighted by Gasteiger charge is 2.29. The standard InChI is InChI=1S/C23H21NO6/c1-14-11-21(25)30-20-12-17(7-8-18(14)20)28-13-22(26)29-15(2)23(27)24-10-9-16-5-3-4-6-19(16)24/h3-8,11-12,15H,9-10,13H2,1-2H3/t15-/m0/s1. The SMILES string of the molecule is Cc1cc(=O)oc2cc(OCC(=O)O[C@@H](C)C(=O)N3CCc4ccccc43)ccc12. The van der Waals surface area contributed by atoms with Crippen molar-refractivity contribution in [1.29, 1.82) is 0 Å². The first kappa shape index (κ1) is 19.7. The number of nitrogens with zero attached hydrogens (tertiary/aromatic N) is 1. The number of ether oxygens (including phenoxy) is 2. The lowest BCUT2D eigenvalue weighted by Gasteiger charge is -2.21. The van der Waals surface area contributed by atoms with Gasteiger partial charge in [0.2, 0.25) is 0 Å². The van der Waals surface area contributed by atoms with Crippen molar-refractivity contribution in [3.8, 4) is 5.75 Å². The maximum Gasteiger partial charge on any atom is 0.344 e. The second-order valence-corrected chi connectivity index (χ2v) is 7.20. The minimum atomic E-state index is -0.926. The number of benzene rings is 2. The van der Waals surface area contributed by atoms with Gasteiger partial charge in [0.05, 0.1) is 0 Å². The summed E-state index contributed by atoms with van der Waals surface area (Å²) in [4.78, 5) is 38.0. The minimum Gasteiger partial charge on any atom is -0.482 e. The molecular formula is C23H21NO6. The van der Waals surface area contributed by atoms with Crippen LogP contribution in [0.4, 0.5) is 5.69 Å². The van der Waals surface area contributed by atoms with Crippen molar-refractivity contribution in [3.05, 3.63) is 70.1 Å². The van der Waals surface area contributed by atoms with E-state index in [1.54, 1.807) is 30.0 Å². The summed E-state index contributed by atoms with van der Waals surface area (Å²) in [6, 6.07) is 14.1. The van der Waals surface area contributed by atoms with Gasteiger partial charge in [-0.05, 0) is 49.6 Å². The molecule has 0 radical (unpaired) electrons. The van der Waals surface area contributed by atoms with E-state index in [2.05, 4.69) is 0 Å². The Balaban J connectivity index is 1.36. The molecule has 4 rings (SSSR count). The Morgan fingerprint density at radius 2 is 1.97 bits per heavy atom. The van der Waals surface area contributed by atoms with Gasteiger partial charge in [-0.2, -0.15) is 0 Å². The van der Waals surface area contributed by atoms with E-state index in [9.17, 15) is 14.4 Å². The zero-order valence-electron chi connectivity index (χ0n) is 16.7. The average molecular weight is 407 g/mol. The lowest BCUT2D eigenvalue weighted by molar-refractivity contribution is -0.155. The predicted octanol–water partition coefficient (Wildman–Crippen LogP) is 3.00. The Bertz CT molecular complexity index is 1180. The normalized spacial score (nSPS) is 13.7. The molecule has 2 heterocycles. The summed E-state index contributed by atoms with van der Waals surface area (Å²) < 4.78 is 15.9. The highest BCUT2D eigenvalue weighted by molar-refractivity contribution is 5.99. The van der Waals surface area contributed by atoms with Gasteiger partial charge in [0, 0.05) is 29.8 Å². The van der Waals surface area contributed by atoms with Crippen molar-refractivity contribution < 1.29 is 23.5 Å². The van der Waals surface area contributed by atoms with Crippen LogP contribution >= 0.6 is 0 Å². The van der Waals surface area contributed by atoms with Crippen LogP contribution in [0.5, 0.6) is 5.75 Å². The van der Waals surface area contributed by atoms with Crippen LogP contribution in [-0.4, -0.2) is 31.1 Å². The zero-order valence-corrected chi connectivity index (χ0v) is 16.7. The van der Waals surface area contributed by atoms with E-state index in [4.69, 9.17) is 13.9 Å². The van der Waals surface area contributed by atoms with E-state index in [0.717, 1.165) is 28.6 Å². The topological polar surface area (TPSA) is 86.0 Å². The molecular weight excluding hydrogens is 386 g/mol. The predicted molar refractivity (Wildman–Crippen MR) is 111 cm³/mol. The Kier molecular flexibility index (Phi) is 5.27. The molecule has 1 aliphatic rings. The molecule has 0 aliphatic carbocycles. The van der Waals surface area contributed by atoms with Gasteiger partial charge in [0.25, 0.3) is 5.91 Å². The molecule has 1 aromatic heterocycles. The Morgan fingerprint density at radius 3 is 2.80 bits per heavy atom. The molecule has 1 atom stereocenters. The summed E-state index contributed by atoms with van der Waals surface area (Å²) in [6.45, 7) is 3.57. The van der Waals surface area contributed by atoms with Gasteiger partial charge >= 0.3 is 11.6 Å². The first-order chi connectivity index (χ1) is 14.4. The van der Waals surface area contributed by atoms with Crippen LogP contribution < -0.4 is 15.3 Å². The van der Waals surface area contributed by atoms with Crippen molar-refractivity contribution in [2.45, 2.75) is 26.4 Å². The van der Waals surface area contributed by atoms with Crippen molar-refractivity contribution in [2.24, 2.45) is 0 Å². The smallest absolute Gasteiger partial charge is 0.344 e. The van der Waals surface area contributed by atoms with Crippen LogP contribution in [0.3, 0.4) is 0 Å². The van der Waals surface area contributed by atoms with E-state index >= 15 is 0 Å². The summed E-state index contributed by atoms with van der Waals surface area (Å²) in [7, 11) is 0. The first-order valence-electron chi connectivity index (χ1n) is 9.68. The third-order valence-corrected chi connectivity index (χ3v) is 5.09. The van der Waals surface area contributed by atoms with Crippen LogP contribution in [-0.2, 0) is 20.7 Å². The monoisotopic (exact) mass is 407 g/mol. The van der Waals surface area contributed by atoms with Crippen molar-refractivity contribution in [2.75, 3.05) is 18.1 Å². The zero-order chi connectivity index (χ0) is 21.3. The van der Waals surface area contributed by atoms with Gasteiger partial charge in [-0.25, -0.2) is 9.59 Å². The molecule has 0 fully saturated rings. The van der Waals surface area contributed by atoms with Crippen LogP contribution in [0, 0.1) is 6.92 Å². The molecule has 2 aromatic carbocycles. The third kappa shape index (κ3) is 3.91. The van der Waals surface area contributed by atoms with E-state index in [-0.39, 0.29) is 12.5 Å². The Hall–Kier alpha value is -3.61.